The van der Waals surface area contributed by atoms with E-state index in [2.05, 4.69) is 5.10 Å². The van der Waals surface area contributed by atoms with E-state index in [1.165, 1.54) is 12.1 Å². The molecule has 0 saturated carbocycles. The lowest BCUT2D eigenvalue weighted by Gasteiger charge is -2.17. The fourth-order valence-electron chi connectivity index (χ4n) is 2.30. The Morgan fingerprint density at radius 1 is 1.11 bits per heavy atom. The van der Waals surface area contributed by atoms with Crippen molar-refractivity contribution in [3.63, 3.8) is 0 Å². The summed E-state index contributed by atoms with van der Waals surface area (Å²) in [6.45, 7) is 0.414. The van der Waals surface area contributed by atoms with Gasteiger partial charge in [0.05, 0.1) is 17.8 Å². The molecule has 2 aromatic carbocycles. The number of aromatic nitrogens is 2. The standard InChI is InChI=1S/C15H14FN3/c16-13-7-5-11(6-8-13)15(9-17)19-14-4-2-1-3-12(14)10-18-19/h1-8,10,15H,9,17H2. The summed E-state index contributed by atoms with van der Waals surface area (Å²) in [7, 11) is 0. The van der Waals surface area contributed by atoms with Gasteiger partial charge in [0.1, 0.15) is 5.82 Å². The molecule has 2 N–H and O–H groups in total. The fourth-order valence-corrected chi connectivity index (χ4v) is 2.30. The SMILES string of the molecule is NCC(c1ccc(F)cc1)n1ncc2ccccc21. The zero-order chi connectivity index (χ0) is 13.2. The minimum atomic E-state index is -0.246. The van der Waals surface area contributed by atoms with Crippen LogP contribution >= 0.6 is 0 Å². The highest BCUT2D eigenvalue weighted by Gasteiger charge is 2.15. The van der Waals surface area contributed by atoms with Crippen LogP contribution in [0.1, 0.15) is 11.6 Å². The van der Waals surface area contributed by atoms with E-state index in [1.54, 1.807) is 12.1 Å². The van der Waals surface area contributed by atoms with E-state index >= 15 is 0 Å². The molecule has 0 spiro atoms. The Balaban J connectivity index is 2.09. The van der Waals surface area contributed by atoms with Crippen molar-refractivity contribution in [1.82, 2.24) is 9.78 Å². The van der Waals surface area contributed by atoms with Gasteiger partial charge in [0.15, 0.2) is 0 Å². The minimum Gasteiger partial charge on any atom is -0.328 e. The molecule has 1 heterocycles. The number of fused-ring (bicyclic) bond motifs is 1. The van der Waals surface area contributed by atoms with E-state index in [0.717, 1.165) is 16.5 Å². The zero-order valence-corrected chi connectivity index (χ0v) is 10.3. The van der Waals surface area contributed by atoms with Gasteiger partial charge in [-0.2, -0.15) is 5.10 Å². The average Bonchev–Trinajstić information content (AvgIpc) is 2.86. The van der Waals surface area contributed by atoms with Gasteiger partial charge in [0, 0.05) is 11.9 Å². The first kappa shape index (κ1) is 11.9. The normalized spacial score (nSPS) is 12.7. The number of hydrogen-bond donors (Lipinski definition) is 1. The van der Waals surface area contributed by atoms with E-state index < -0.39 is 0 Å². The molecule has 96 valence electrons. The van der Waals surface area contributed by atoms with E-state index in [1.807, 2.05) is 35.1 Å². The summed E-state index contributed by atoms with van der Waals surface area (Å²) in [6.07, 6.45) is 1.82. The van der Waals surface area contributed by atoms with Crippen molar-refractivity contribution >= 4 is 10.9 Å². The molecule has 3 nitrogen and oxygen atoms in total. The summed E-state index contributed by atoms with van der Waals surface area (Å²) in [5.74, 6) is -0.246. The van der Waals surface area contributed by atoms with E-state index in [4.69, 9.17) is 5.73 Å². The van der Waals surface area contributed by atoms with Crippen LogP contribution < -0.4 is 5.73 Å². The van der Waals surface area contributed by atoms with Crippen LogP contribution in [0.3, 0.4) is 0 Å². The molecule has 4 heteroatoms. The van der Waals surface area contributed by atoms with Crippen LogP contribution in [0, 0.1) is 5.82 Å². The first-order valence-electron chi connectivity index (χ1n) is 6.17. The number of rotatable bonds is 3. The monoisotopic (exact) mass is 255 g/mol. The Labute approximate surface area is 110 Å². The van der Waals surface area contributed by atoms with Crippen LogP contribution in [0.25, 0.3) is 10.9 Å². The number of nitrogens with two attached hydrogens (primary N) is 1. The van der Waals surface area contributed by atoms with Crippen molar-refractivity contribution in [3.05, 3.63) is 66.1 Å². The molecule has 0 fully saturated rings. The molecule has 1 aromatic heterocycles. The van der Waals surface area contributed by atoms with Gasteiger partial charge in [-0.15, -0.1) is 0 Å². The smallest absolute Gasteiger partial charge is 0.123 e. The van der Waals surface area contributed by atoms with Crippen LogP contribution in [0.4, 0.5) is 4.39 Å². The Morgan fingerprint density at radius 2 is 1.84 bits per heavy atom. The summed E-state index contributed by atoms with van der Waals surface area (Å²) < 4.78 is 14.9. The molecule has 0 aliphatic rings. The topological polar surface area (TPSA) is 43.8 Å². The molecule has 1 unspecified atom stereocenters. The van der Waals surface area contributed by atoms with Gasteiger partial charge >= 0.3 is 0 Å². The number of hydrogen-bond acceptors (Lipinski definition) is 2. The maximum absolute atomic E-state index is 13.0. The molecule has 0 aliphatic carbocycles. The molecule has 1 atom stereocenters. The van der Waals surface area contributed by atoms with Gasteiger partial charge in [0.25, 0.3) is 0 Å². The largest absolute Gasteiger partial charge is 0.328 e. The first-order valence-corrected chi connectivity index (χ1v) is 6.17. The highest BCUT2D eigenvalue weighted by molar-refractivity contribution is 5.78. The van der Waals surface area contributed by atoms with Crippen molar-refractivity contribution in [2.24, 2.45) is 5.73 Å². The predicted molar refractivity (Wildman–Crippen MR) is 73.3 cm³/mol. The number of benzene rings is 2. The lowest BCUT2D eigenvalue weighted by molar-refractivity contribution is 0.547. The molecule has 19 heavy (non-hydrogen) atoms. The van der Waals surface area contributed by atoms with Crippen molar-refractivity contribution in [2.75, 3.05) is 6.54 Å². The number of para-hydroxylation sites is 1. The fraction of sp³-hybridized carbons (Fsp3) is 0.133. The van der Waals surface area contributed by atoms with Gasteiger partial charge < -0.3 is 5.73 Å². The maximum atomic E-state index is 13.0. The average molecular weight is 255 g/mol. The van der Waals surface area contributed by atoms with E-state index in [-0.39, 0.29) is 11.9 Å². The van der Waals surface area contributed by atoms with E-state index in [0.29, 0.717) is 6.54 Å². The second-order valence-corrected chi connectivity index (χ2v) is 4.45. The van der Waals surface area contributed by atoms with Crippen LogP contribution in [0.15, 0.2) is 54.7 Å². The number of nitrogens with zero attached hydrogens (tertiary/aromatic N) is 2. The van der Waals surface area contributed by atoms with Gasteiger partial charge in [-0.1, -0.05) is 30.3 Å². The summed E-state index contributed by atoms with van der Waals surface area (Å²) in [5.41, 5.74) is 7.86. The molecule has 0 saturated heterocycles. The maximum Gasteiger partial charge on any atom is 0.123 e. The summed E-state index contributed by atoms with van der Waals surface area (Å²) in [4.78, 5) is 0. The second-order valence-electron chi connectivity index (χ2n) is 4.45. The van der Waals surface area contributed by atoms with Crippen LogP contribution in [-0.2, 0) is 0 Å². The van der Waals surface area contributed by atoms with Crippen molar-refractivity contribution < 1.29 is 4.39 Å². The third kappa shape index (κ3) is 2.11. The number of halogens is 1. The van der Waals surface area contributed by atoms with Gasteiger partial charge in [0.2, 0.25) is 0 Å². The molecule has 0 amide bonds. The Kier molecular flexibility index (Phi) is 3.01. The Bertz CT molecular complexity index is 688. The Hall–Kier alpha value is -2.20. The Morgan fingerprint density at radius 3 is 2.58 bits per heavy atom. The van der Waals surface area contributed by atoms with Crippen molar-refractivity contribution in [2.45, 2.75) is 6.04 Å². The lowest BCUT2D eigenvalue weighted by Crippen LogP contribution is -2.21. The molecule has 0 bridgehead atoms. The van der Waals surface area contributed by atoms with E-state index in [9.17, 15) is 4.39 Å². The van der Waals surface area contributed by atoms with Crippen molar-refractivity contribution in [1.29, 1.82) is 0 Å². The molecular formula is C15H14FN3. The molecular weight excluding hydrogens is 241 g/mol. The lowest BCUT2D eigenvalue weighted by atomic mass is 10.1. The van der Waals surface area contributed by atoms with Crippen LogP contribution in [0.2, 0.25) is 0 Å². The zero-order valence-electron chi connectivity index (χ0n) is 10.3. The molecule has 3 rings (SSSR count). The third-order valence-electron chi connectivity index (χ3n) is 3.28. The summed E-state index contributed by atoms with van der Waals surface area (Å²) in [6, 6.07) is 14.3. The highest BCUT2D eigenvalue weighted by Crippen LogP contribution is 2.22. The molecule has 0 radical (unpaired) electrons. The second kappa shape index (κ2) is 4.82. The summed E-state index contributed by atoms with van der Waals surface area (Å²) in [5, 5.41) is 5.48. The molecule has 3 aromatic rings. The third-order valence-corrected chi connectivity index (χ3v) is 3.28. The first-order chi connectivity index (χ1) is 9.29. The van der Waals surface area contributed by atoms with Crippen LogP contribution in [0.5, 0.6) is 0 Å². The van der Waals surface area contributed by atoms with Crippen molar-refractivity contribution in [3.8, 4) is 0 Å². The predicted octanol–water partition coefficient (Wildman–Crippen LogP) is 2.72. The summed E-state index contributed by atoms with van der Waals surface area (Å²) >= 11 is 0. The van der Waals surface area contributed by atoms with Crippen LogP contribution in [-0.4, -0.2) is 16.3 Å². The van der Waals surface area contributed by atoms with Gasteiger partial charge in [-0.05, 0) is 23.8 Å². The quantitative estimate of drug-likeness (QED) is 0.782. The minimum absolute atomic E-state index is 0.0829. The van der Waals surface area contributed by atoms with Gasteiger partial charge in [-0.3, -0.25) is 4.68 Å². The van der Waals surface area contributed by atoms with Gasteiger partial charge in [-0.25, -0.2) is 4.39 Å². The molecule has 0 aliphatic heterocycles. The highest BCUT2D eigenvalue weighted by atomic mass is 19.1.